The number of hydrogen-bond acceptors (Lipinski definition) is 8. The summed E-state index contributed by atoms with van der Waals surface area (Å²) in [7, 11) is 2.11. The minimum Gasteiger partial charge on any atom is -0.387 e. The molecule has 0 aromatic heterocycles. The van der Waals surface area contributed by atoms with Crippen molar-refractivity contribution in [2.75, 3.05) is 56.5 Å². The van der Waals surface area contributed by atoms with E-state index in [1.165, 1.54) is 0 Å². The highest BCUT2D eigenvalue weighted by Gasteiger charge is 2.60. The predicted molar refractivity (Wildman–Crippen MR) is 162 cm³/mol. The van der Waals surface area contributed by atoms with Gasteiger partial charge in [0.05, 0.1) is 24.1 Å². The number of amides is 4. The lowest BCUT2D eigenvalue weighted by Gasteiger charge is -2.34. The van der Waals surface area contributed by atoms with E-state index in [4.69, 9.17) is 4.74 Å². The van der Waals surface area contributed by atoms with Crippen molar-refractivity contribution in [1.29, 1.82) is 0 Å². The third-order valence-corrected chi connectivity index (χ3v) is 8.07. The Kier molecular flexibility index (Phi) is 8.53. The number of urea groups is 1. The molecular formula is C31H38N7O4+. The average Bonchev–Trinajstić information content (AvgIpc) is 3.61. The summed E-state index contributed by atoms with van der Waals surface area (Å²) in [6, 6.07) is 12.5. The smallest absolute Gasteiger partial charge is 0.387 e. The molecule has 11 heteroatoms. The molecule has 11 nitrogen and oxygen atoms in total. The summed E-state index contributed by atoms with van der Waals surface area (Å²) >= 11 is 0. The lowest BCUT2D eigenvalue weighted by molar-refractivity contribution is -0.737. The van der Waals surface area contributed by atoms with Crippen molar-refractivity contribution in [2.45, 2.75) is 26.7 Å². The van der Waals surface area contributed by atoms with Crippen LogP contribution in [0.5, 0.6) is 0 Å². The first-order valence-corrected chi connectivity index (χ1v) is 14.3. The number of aryl methyl sites for hydroxylation is 2. The predicted octanol–water partition coefficient (Wildman–Crippen LogP) is 3.81. The van der Waals surface area contributed by atoms with Gasteiger partial charge in [-0.2, -0.15) is 4.79 Å². The monoisotopic (exact) mass is 572 g/mol. The summed E-state index contributed by atoms with van der Waals surface area (Å²) in [6.45, 7) is 11.9. The Bertz CT molecular complexity index is 1440. The highest BCUT2D eigenvalue weighted by atomic mass is 16.6. The summed E-state index contributed by atoms with van der Waals surface area (Å²) < 4.78 is 4.07. The molecule has 1 unspecified atom stereocenters. The van der Waals surface area contributed by atoms with Crippen molar-refractivity contribution >= 4 is 35.2 Å². The van der Waals surface area contributed by atoms with Crippen molar-refractivity contribution < 1.29 is 23.7 Å². The lowest BCUT2D eigenvalue weighted by Crippen LogP contribution is -2.54. The summed E-state index contributed by atoms with van der Waals surface area (Å²) in [6.07, 6.45) is 1.41. The number of hydrogen-bond donors (Lipinski definition) is 3. The van der Waals surface area contributed by atoms with Crippen LogP contribution in [-0.4, -0.2) is 79.7 Å². The SMILES string of the molecule is C=COC(=O)[N+]1(C(=O)Nc2c(CC)cccc2CC)N=C(NC(=O)c2ccc(N3CCN(C)CC3)cc2)C2=C1CNC2. The van der Waals surface area contributed by atoms with Gasteiger partial charge >= 0.3 is 12.1 Å². The van der Waals surface area contributed by atoms with Gasteiger partial charge in [-0.3, -0.25) is 10.1 Å². The van der Waals surface area contributed by atoms with E-state index in [9.17, 15) is 14.4 Å². The largest absolute Gasteiger partial charge is 0.563 e. The third kappa shape index (κ3) is 5.34. The second kappa shape index (κ2) is 12.3. The van der Waals surface area contributed by atoms with Crippen LogP contribution >= 0.6 is 0 Å². The third-order valence-electron chi connectivity index (χ3n) is 8.07. The lowest BCUT2D eigenvalue weighted by atomic mass is 10.0. The Hall–Kier alpha value is -4.32. The molecule has 1 saturated heterocycles. The molecule has 3 aliphatic heterocycles. The van der Waals surface area contributed by atoms with Gasteiger partial charge < -0.3 is 25.2 Å². The Morgan fingerprint density at radius 2 is 1.67 bits per heavy atom. The number of carbonyl (C=O) groups excluding carboxylic acids is 3. The first-order valence-electron chi connectivity index (χ1n) is 14.3. The summed E-state index contributed by atoms with van der Waals surface area (Å²) in [4.78, 5) is 45.5. The van der Waals surface area contributed by atoms with Gasteiger partial charge in [0.2, 0.25) is 5.84 Å². The number of piperazine rings is 1. The van der Waals surface area contributed by atoms with Crippen LogP contribution in [0.15, 0.2) is 71.7 Å². The Labute approximate surface area is 246 Å². The Balaban J connectivity index is 1.44. The molecule has 4 amide bonds. The molecule has 1 fully saturated rings. The van der Waals surface area contributed by atoms with Crippen LogP contribution in [0.2, 0.25) is 0 Å². The number of likely N-dealkylation sites (N-methyl/N-ethyl adjacent to an activating group) is 1. The van der Waals surface area contributed by atoms with Crippen molar-refractivity contribution in [2.24, 2.45) is 5.10 Å². The number of imide groups is 1. The van der Waals surface area contributed by atoms with E-state index in [2.05, 4.69) is 44.5 Å². The van der Waals surface area contributed by atoms with Crippen molar-refractivity contribution in [3.63, 3.8) is 0 Å². The average molecular weight is 573 g/mol. The number of nitrogens with one attached hydrogen (secondary N) is 3. The van der Waals surface area contributed by atoms with E-state index in [0.29, 0.717) is 41.9 Å². The Morgan fingerprint density at radius 3 is 2.29 bits per heavy atom. The summed E-state index contributed by atoms with van der Waals surface area (Å²) in [5.41, 5.74) is 5.00. The molecule has 3 heterocycles. The van der Waals surface area contributed by atoms with E-state index >= 15 is 0 Å². The van der Waals surface area contributed by atoms with Gasteiger partial charge in [-0.25, -0.2) is 4.79 Å². The summed E-state index contributed by atoms with van der Waals surface area (Å²) in [5, 5.41) is 13.6. The highest BCUT2D eigenvalue weighted by molar-refractivity contribution is 6.14. The number of amidine groups is 1. The van der Waals surface area contributed by atoms with Crippen LogP contribution in [-0.2, 0) is 17.6 Å². The van der Waals surface area contributed by atoms with Gasteiger partial charge in [0.1, 0.15) is 0 Å². The van der Waals surface area contributed by atoms with Gasteiger partial charge in [-0.05, 0) is 60.4 Å². The molecule has 3 N–H and O–H groups in total. The second-order valence-corrected chi connectivity index (χ2v) is 10.5. The molecule has 0 aliphatic carbocycles. The zero-order valence-electron chi connectivity index (χ0n) is 24.4. The molecule has 2 aromatic rings. The van der Waals surface area contributed by atoms with E-state index < -0.39 is 16.7 Å². The number of anilines is 2. The van der Waals surface area contributed by atoms with Crippen LogP contribution in [0.1, 0.15) is 35.3 Å². The maximum absolute atomic E-state index is 14.1. The molecule has 0 bridgehead atoms. The van der Waals surface area contributed by atoms with E-state index in [1.54, 1.807) is 12.1 Å². The number of quaternary nitrogens is 1. The molecule has 42 heavy (non-hydrogen) atoms. The standard InChI is InChI=1S/C31H37N7O4/c1-5-21-9-8-10-22(6-2)27(21)33-30(40)38(31(41)42-7-3)26-20-32-19-25(26)28(35-38)34-29(39)23-11-13-24(14-12-23)37-17-15-36(4)16-18-37/h7-14,32H,3,5-6,15-20H2,1-2,4H3,(H-,33,34,35,39,40)/p+1. The highest BCUT2D eigenvalue weighted by Crippen LogP contribution is 2.35. The summed E-state index contributed by atoms with van der Waals surface area (Å²) in [5.74, 6) is -0.238. The zero-order valence-corrected chi connectivity index (χ0v) is 24.4. The molecule has 0 spiro atoms. The number of carbonyl (C=O) groups is 3. The van der Waals surface area contributed by atoms with Crippen LogP contribution in [0, 0.1) is 0 Å². The maximum atomic E-state index is 14.1. The molecule has 0 radical (unpaired) electrons. The first kappa shape index (κ1) is 29.2. The fourth-order valence-corrected chi connectivity index (χ4v) is 5.62. The topological polar surface area (TPSA) is 115 Å². The van der Waals surface area contributed by atoms with Gasteiger partial charge in [0.25, 0.3) is 5.91 Å². The minimum absolute atomic E-state index is 0.152. The fourth-order valence-electron chi connectivity index (χ4n) is 5.62. The molecule has 2 aromatic carbocycles. The minimum atomic E-state index is -1.10. The molecule has 0 saturated carbocycles. The van der Waals surface area contributed by atoms with E-state index in [0.717, 1.165) is 49.3 Å². The number of para-hydroxylation sites is 1. The van der Waals surface area contributed by atoms with Crippen molar-refractivity contribution in [1.82, 2.24) is 15.5 Å². The number of nitrogens with zero attached hydrogens (tertiary/aromatic N) is 4. The number of ether oxygens (including phenoxy) is 1. The fraction of sp³-hybridized carbons (Fsp3) is 0.355. The molecule has 1 atom stereocenters. The number of benzene rings is 2. The first-order chi connectivity index (χ1) is 20.3. The molecular weight excluding hydrogens is 534 g/mol. The van der Waals surface area contributed by atoms with Crippen molar-refractivity contribution in [3.05, 3.63) is 83.3 Å². The van der Waals surface area contributed by atoms with Crippen LogP contribution in [0.3, 0.4) is 0 Å². The number of rotatable bonds is 6. The van der Waals surface area contributed by atoms with Crippen LogP contribution < -0.4 is 20.9 Å². The van der Waals surface area contributed by atoms with E-state index in [1.807, 2.05) is 44.2 Å². The maximum Gasteiger partial charge on any atom is 0.563 e. The van der Waals surface area contributed by atoms with Crippen molar-refractivity contribution in [3.8, 4) is 0 Å². The molecule has 3 aliphatic rings. The zero-order chi connectivity index (χ0) is 29.9. The van der Waals surface area contributed by atoms with Crippen LogP contribution in [0.4, 0.5) is 21.0 Å². The molecule has 220 valence electrons. The normalized spacial score (nSPS) is 20.2. The second-order valence-electron chi connectivity index (χ2n) is 10.5. The van der Waals surface area contributed by atoms with Crippen LogP contribution in [0.25, 0.3) is 0 Å². The van der Waals surface area contributed by atoms with Gasteiger partial charge in [-0.15, -0.1) is 0 Å². The molecule has 5 rings (SSSR count). The van der Waals surface area contributed by atoms with Gasteiger partial charge in [-0.1, -0.05) is 38.6 Å². The quantitative estimate of drug-likeness (QED) is 0.356. The van der Waals surface area contributed by atoms with E-state index in [-0.39, 0.29) is 18.3 Å². The van der Waals surface area contributed by atoms with Gasteiger partial charge in [0.15, 0.2) is 5.70 Å². The Morgan fingerprint density at radius 1 is 1.00 bits per heavy atom. The van der Waals surface area contributed by atoms with Gasteiger partial charge in [0, 0.05) is 48.6 Å².